The first-order chi connectivity index (χ1) is 16.3. The molecule has 3 aliphatic heterocycles. The molecule has 4 unspecified atom stereocenters. The summed E-state index contributed by atoms with van der Waals surface area (Å²) < 4.78 is 65.8. The number of anilines is 1. The lowest BCUT2D eigenvalue weighted by Crippen LogP contribution is -2.44. The molecule has 2 saturated heterocycles. The van der Waals surface area contributed by atoms with Crippen LogP contribution in [0.1, 0.15) is 15.9 Å². The number of carbonyl (C=O) groups is 2. The Labute approximate surface area is 191 Å². The summed E-state index contributed by atoms with van der Waals surface area (Å²) in [5.41, 5.74) is -0.579. The van der Waals surface area contributed by atoms with E-state index in [1.54, 1.807) is 18.2 Å². The molecule has 0 aliphatic carbocycles. The molecular weight excluding hydrogens is 461 g/mol. The highest BCUT2D eigenvalue weighted by molar-refractivity contribution is 5.95. The minimum absolute atomic E-state index is 0.0156. The van der Waals surface area contributed by atoms with E-state index in [0.717, 1.165) is 12.1 Å². The average molecular weight is 480 g/mol. The van der Waals surface area contributed by atoms with E-state index in [2.05, 4.69) is 10.6 Å². The number of hydrogen-bond acceptors (Lipinski definition) is 7. The zero-order valence-electron chi connectivity index (χ0n) is 17.5. The molecule has 180 valence electrons. The first-order valence-corrected chi connectivity index (χ1v) is 10.4. The molecule has 0 spiro atoms. The highest BCUT2D eigenvalue weighted by atomic mass is 19.4. The van der Waals surface area contributed by atoms with Gasteiger partial charge in [-0.3, -0.25) is 10.1 Å². The van der Waals surface area contributed by atoms with Crippen LogP contribution in [0.25, 0.3) is 0 Å². The highest BCUT2D eigenvalue weighted by Crippen LogP contribution is 2.34. The van der Waals surface area contributed by atoms with Gasteiger partial charge < -0.3 is 29.0 Å². The molecule has 2 fully saturated rings. The second kappa shape index (κ2) is 8.69. The van der Waals surface area contributed by atoms with Crippen molar-refractivity contribution in [1.29, 1.82) is 0 Å². The number of nitrogens with one attached hydrogen (secondary N) is 2. The Hall–Kier alpha value is -3.51. The molecule has 5 rings (SSSR count). The van der Waals surface area contributed by atoms with Crippen LogP contribution < -0.4 is 20.1 Å². The SMILES string of the molecule is O=C(Nc1cccc(C(F)(F)F)c1)OC1COC2C(NC(=O)c3ccc4c(c3)OCO4)COC12. The molecule has 34 heavy (non-hydrogen) atoms. The van der Waals surface area contributed by atoms with Crippen molar-refractivity contribution in [1.82, 2.24) is 5.32 Å². The van der Waals surface area contributed by atoms with Crippen molar-refractivity contribution < 1.29 is 46.4 Å². The van der Waals surface area contributed by atoms with Crippen LogP contribution in [0.5, 0.6) is 11.5 Å². The maximum absolute atomic E-state index is 12.9. The smallest absolute Gasteiger partial charge is 0.416 e. The van der Waals surface area contributed by atoms with Gasteiger partial charge in [0.2, 0.25) is 6.79 Å². The number of benzene rings is 2. The van der Waals surface area contributed by atoms with Crippen LogP contribution in [-0.2, 0) is 20.4 Å². The summed E-state index contributed by atoms with van der Waals surface area (Å²) in [7, 11) is 0. The maximum Gasteiger partial charge on any atom is 0.416 e. The third-order valence-corrected chi connectivity index (χ3v) is 5.65. The van der Waals surface area contributed by atoms with Gasteiger partial charge in [-0.1, -0.05) is 6.07 Å². The third-order valence-electron chi connectivity index (χ3n) is 5.65. The van der Waals surface area contributed by atoms with Gasteiger partial charge in [0, 0.05) is 11.3 Å². The number of amides is 2. The van der Waals surface area contributed by atoms with Crippen LogP contribution in [0, 0.1) is 0 Å². The molecule has 2 aromatic carbocycles. The van der Waals surface area contributed by atoms with Gasteiger partial charge in [-0.05, 0) is 36.4 Å². The molecule has 0 radical (unpaired) electrons. The molecule has 0 saturated carbocycles. The van der Waals surface area contributed by atoms with E-state index in [1.807, 2.05) is 0 Å². The van der Waals surface area contributed by atoms with E-state index >= 15 is 0 Å². The first kappa shape index (κ1) is 22.3. The summed E-state index contributed by atoms with van der Waals surface area (Å²) in [4.78, 5) is 24.9. The minimum atomic E-state index is -4.54. The van der Waals surface area contributed by atoms with Crippen molar-refractivity contribution >= 4 is 17.7 Å². The molecule has 2 aromatic rings. The summed E-state index contributed by atoms with van der Waals surface area (Å²) in [5.74, 6) is 0.678. The summed E-state index contributed by atoms with van der Waals surface area (Å²) in [5, 5.41) is 5.13. The topological polar surface area (TPSA) is 104 Å². The number of rotatable bonds is 4. The summed E-state index contributed by atoms with van der Waals surface area (Å²) in [6.45, 7) is 0.250. The summed E-state index contributed by atoms with van der Waals surface area (Å²) >= 11 is 0. The Bertz CT molecular complexity index is 1110. The largest absolute Gasteiger partial charge is 0.454 e. The normalized spacial score (nSPS) is 25.0. The Morgan fingerprint density at radius 2 is 1.76 bits per heavy atom. The maximum atomic E-state index is 12.9. The standard InChI is InChI=1S/C22H19F3N2O7/c23-22(24,25)12-2-1-3-13(7-12)26-21(29)34-17-9-31-18-14(8-30-19(17)18)27-20(28)11-4-5-15-16(6-11)33-10-32-15/h1-7,14,17-19H,8-10H2,(H,26,29)(H,27,28). The van der Waals surface area contributed by atoms with E-state index in [4.69, 9.17) is 23.7 Å². The highest BCUT2D eigenvalue weighted by Gasteiger charge is 2.50. The van der Waals surface area contributed by atoms with Gasteiger partial charge in [0.05, 0.1) is 24.8 Å². The van der Waals surface area contributed by atoms with Crippen LogP contribution in [-0.4, -0.2) is 56.4 Å². The van der Waals surface area contributed by atoms with Crippen LogP contribution >= 0.6 is 0 Å². The molecule has 2 N–H and O–H groups in total. The molecule has 0 aromatic heterocycles. The number of ether oxygens (including phenoxy) is 5. The quantitative estimate of drug-likeness (QED) is 0.694. The molecular formula is C22H19F3N2O7. The fourth-order valence-electron chi connectivity index (χ4n) is 4.04. The van der Waals surface area contributed by atoms with Crippen molar-refractivity contribution in [2.75, 3.05) is 25.3 Å². The van der Waals surface area contributed by atoms with Gasteiger partial charge in [0.1, 0.15) is 12.2 Å². The lowest BCUT2D eigenvalue weighted by Gasteiger charge is -2.18. The molecule has 9 nitrogen and oxygen atoms in total. The predicted octanol–water partition coefficient (Wildman–Crippen LogP) is 2.95. The second-order valence-electron chi connectivity index (χ2n) is 7.89. The molecule has 4 atom stereocenters. The monoisotopic (exact) mass is 480 g/mol. The predicted molar refractivity (Wildman–Crippen MR) is 109 cm³/mol. The van der Waals surface area contributed by atoms with Crippen LogP contribution in [0.3, 0.4) is 0 Å². The Morgan fingerprint density at radius 3 is 2.59 bits per heavy atom. The van der Waals surface area contributed by atoms with E-state index in [9.17, 15) is 22.8 Å². The van der Waals surface area contributed by atoms with Crippen molar-refractivity contribution in [2.45, 2.75) is 30.5 Å². The Morgan fingerprint density at radius 1 is 0.971 bits per heavy atom. The number of carbonyl (C=O) groups excluding carboxylic acids is 2. The van der Waals surface area contributed by atoms with E-state index in [0.29, 0.717) is 17.1 Å². The lowest BCUT2D eigenvalue weighted by molar-refractivity contribution is -0.137. The van der Waals surface area contributed by atoms with Crippen LogP contribution in [0.2, 0.25) is 0 Å². The van der Waals surface area contributed by atoms with Gasteiger partial charge in [-0.15, -0.1) is 0 Å². The van der Waals surface area contributed by atoms with Gasteiger partial charge >= 0.3 is 12.3 Å². The van der Waals surface area contributed by atoms with Crippen LogP contribution in [0.15, 0.2) is 42.5 Å². The zero-order chi connectivity index (χ0) is 23.9. The molecule has 0 bridgehead atoms. The molecule has 3 heterocycles. The lowest BCUT2D eigenvalue weighted by atomic mass is 10.1. The third kappa shape index (κ3) is 4.46. The average Bonchev–Trinajstić information content (AvgIpc) is 3.51. The molecule has 3 aliphatic rings. The minimum Gasteiger partial charge on any atom is -0.454 e. The Kier molecular flexibility index (Phi) is 5.70. The van der Waals surface area contributed by atoms with Gasteiger partial charge in [-0.25, -0.2) is 4.79 Å². The second-order valence-corrected chi connectivity index (χ2v) is 7.89. The fourth-order valence-corrected chi connectivity index (χ4v) is 4.04. The zero-order valence-corrected chi connectivity index (χ0v) is 17.5. The van der Waals surface area contributed by atoms with Gasteiger partial charge in [-0.2, -0.15) is 13.2 Å². The number of alkyl halides is 3. The number of halogens is 3. The Balaban J connectivity index is 1.16. The summed E-state index contributed by atoms with van der Waals surface area (Å²) in [6.07, 6.45) is -7.45. The van der Waals surface area contributed by atoms with Crippen molar-refractivity contribution in [2.24, 2.45) is 0 Å². The molecule has 2 amide bonds. The number of hydrogen-bond donors (Lipinski definition) is 2. The van der Waals surface area contributed by atoms with E-state index in [1.165, 1.54) is 12.1 Å². The first-order valence-electron chi connectivity index (χ1n) is 10.4. The van der Waals surface area contributed by atoms with Crippen LogP contribution in [0.4, 0.5) is 23.7 Å². The number of fused-ring (bicyclic) bond motifs is 2. The fraction of sp³-hybridized carbons (Fsp3) is 0.364. The van der Waals surface area contributed by atoms with E-state index < -0.39 is 42.2 Å². The van der Waals surface area contributed by atoms with E-state index in [-0.39, 0.29) is 31.6 Å². The molecule has 12 heteroatoms. The summed E-state index contributed by atoms with van der Waals surface area (Å²) in [6, 6.07) is 8.55. The van der Waals surface area contributed by atoms with Crippen molar-refractivity contribution in [3.05, 3.63) is 53.6 Å². The van der Waals surface area contributed by atoms with Crippen molar-refractivity contribution in [3.63, 3.8) is 0 Å². The van der Waals surface area contributed by atoms with Gasteiger partial charge in [0.25, 0.3) is 5.91 Å². The van der Waals surface area contributed by atoms with Gasteiger partial charge in [0.15, 0.2) is 17.6 Å². The van der Waals surface area contributed by atoms with Crippen molar-refractivity contribution in [3.8, 4) is 11.5 Å².